The maximum Gasteiger partial charge on any atom is 0.124 e. The monoisotopic (exact) mass is 269 g/mol. The van der Waals surface area contributed by atoms with Crippen LogP contribution in [0.3, 0.4) is 0 Å². The number of rotatable bonds is 4. The highest BCUT2D eigenvalue weighted by molar-refractivity contribution is 6.30. The second kappa shape index (κ2) is 6.41. The van der Waals surface area contributed by atoms with Crippen LogP contribution in [0.1, 0.15) is 29.9 Å². The summed E-state index contributed by atoms with van der Waals surface area (Å²) in [7, 11) is 3.41. The number of halogens is 1. The fourth-order valence-corrected chi connectivity index (χ4v) is 2.90. The van der Waals surface area contributed by atoms with Crippen molar-refractivity contribution in [1.29, 1.82) is 0 Å². The lowest BCUT2D eigenvalue weighted by Gasteiger charge is -2.27. The van der Waals surface area contributed by atoms with Crippen LogP contribution in [0.15, 0.2) is 12.1 Å². The molecule has 1 heterocycles. The second-order valence-electron chi connectivity index (χ2n) is 4.64. The summed E-state index contributed by atoms with van der Waals surface area (Å²) in [6.45, 7) is 2.70. The maximum absolute atomic E-state index is 6.13. The van der Waals surface area contributed by atoms with Gasteiger partial charge in [0.25, 0.3) is 0 Å². The third-order valence-corrected chi connectivity index (χ3v) is 3.68. The van der Waals surface area contributed by atoms with E-state index in [4.69, 9.17) is 21.1 Å². The number of hydrogen-bond donors (Lipinski definition) is 1. The first-order chi connectivity index (χ1) is 8.76. The third-order valence-electron chi connectivity index (χ3n) is 3.46. The number of benzene rings is 1. The summed E-state index contributed by atoms with van der Waals surface area (Å²) in [6.07, 6.45) is 2.27. The molecule has 0 atom stereocenters. The number of hydrogen-bond acceptors (Lipinski definition) is 3. The summed E-state index contributed by atoms with van der Waals surface area (Å²) in [5, 5.41) is 4.09. The molecule has 100 valence electrons. The highest BCUT2D eigenvalue weighted by Gasteiger charge is 2.22. The molecule has 1 fully saturated rings. The predicted octanol–water partition coefficient (Wildman–Crippen LogP) is 2.96. The third kappa shape index (κ3) is 2.97. The van der Waals surface area contributed by atoms with Gasteiger partial charge in [-0.15, -0.1) is 0 Å². The Morgan fingerprint density at radius 1 is 1.28 bits per heavy atom. The minimum atomic E-state index is 0.531. The van der Waals surface area contributed by atoms with Crippen LogP contribution < -0.4 is 10.1 Å². The van der Waals surface area contributed by atoms with Crippen LogP contribution in [0.5, 0.6) is 5.75 Å². The first-order valence-corrected chi connectivity index (χ1v) is 6.70. The average Bonchev–Trinajstić information content (AvgIpc) is 2.39. The molecular formula is C14H20ClNO2. The zero-order valence-electron chi connectivity index (χ0n) is 11.0. The molecule has 0 bridgehead atoms. The highest BCUT2D eigenvalue weighted by atomic mass is 35.5. The van der Waals surface area contributed by atoms with Gasteiger partial charge < -0.3 is 14.8 Å². The lowest BCUT2D eigenvalue weighted by Crippen LogP contribution is -2.27. The SMILES string of the molecule is COCc1cc(Cl)cc(OC)c1C1CCNCC1. The zero-order chi connectivity index (χ0) is 13.0. The molecule has 0 amide bonds. The fourth-order valence-electron chi connectivity index (χ4n) is 2.66. The van der Waals surface area contributed by atoms with Crippen molar-refractivity contribution < 1.29 is 9.47 Å². The van der Waals surface area contributed by atoms with Crippen LogP contribution >= 0.6 is 11.6 Å². The molecule has 4 heteroatoms. The average molecular weight is 270 g/mol. The Balaban J connectivity index is 2.39. The van der Waals surface area contributed by atoms with Crippen LogP contribution in [0, 0.1) is 0 Å². The van der Waals surface area contributed by atoms with Crippen LogP contribution in [0.25, 0.3) is 0 Å². The Labute approximate surface area is 113 Å². The fraction of sp³-hybridized carbons (Fsp3) is 0.571. The van der Waals surface area contributed by atoms with Crippen LogP contribution in [0.2, 0.25) is 5.02 Å². The molecular weight excluding hydrogens is 250 g/mol. The van der Waals surface area contributed by atoms with Crippen LogP contribution in [0.4, 0.5) is 0 Å². The Hall–Kier alpha value is -0.770. The summed E-state index contributed by atoms with van der Waals surface area (Å²) in [5.41, 5.74) is 2.42. The minimum Gasteiger partial charge on any atom is -0.496 e. The smallest absolute Gasteiger partial charge is 0.124 e. The molecule has 18 heavy (non-hydrogen) atoms. The molecule has 1 aromatic carbocycles. The van der Waals surface area contributed by atoms with E-state index in [0.29, 0.717) is 17.5 Å². The first kappa shape index (κ1) is 13.7. The van der Waals surface area contributed by atoms with Gasteiger partial charge in [-0.05, 0) is 49.5 Å². The van der Waals surface area contributed by atoms with Crippen molar-refractivity contribution in [3.63, 3.8) is 0 Å². The number of nitrogens with one attached hydrogen (secondary N) is 1. The van der Waals surface area contributed by atoms with Gasteiger partial charge >= 0.3 is 0 Å². The van der Waals surface area contributed by atoms with Crippen LogP contribution in [-0.2, 0) is 11.3 Å². The summed E-state index contributed by atoms with van der Waals surface area (Å²) < 4.78 is 10.8. The molecule has 1 aliphatic heterocycles. The lowest BCUT2D eigenvalue weighted by atomic mass is 9.86. The number of methoxy groups -OCH3 is 2. The van der Waals surface area contributed by atoms with Crippen molar-refractivity contribution in [3.05, 3.63) is 28.3 Å². The predicted molar refractivity (Wildman–Crippen MR) is 73.6 cm³/mol. The Bertz CT molecular complexity index is 403. The normalized spacial score (nSPS) is 16.8. The summed E-state index contributed by atoms with van der Waals surface area (Å²) in [4.78, 5) is 0. The molecule has 1 saturated heterocycles. The van der Waals surface area contributed by atoms with Gasteiger partial charge in [-0.1, -0.05) is 11.6 Å². The van der Waals surface area contributed by atoms with Gasteiger partial charge in [-0.25, -0.2) is 0 Å². The topological polar surface area (TPSA) is 30.5 Å². The molecule has 0 radical (unpaired) electrons. The van der Waals surface area contributed by atoms with Crippen molar-refractivity contribution >= 4 is 11.6 Å². The van der Waals surface area contributed by atoms with Gasteiger partial charge in [0.2, 0.25) is 0 Å². The number of piperidine rings is 1. The quantitative estimate of drug-likeness (QED) is 0.912. The highest BCUT2D eigenvalue weighted by Crippen LogP contribution is 2.37. The Morgan fingerprint density at radius 2 is 2.00 bits per heavy atom. The molecule has 1 aliphatic rings. The van der Waals surface area contributed by atoms with E-state index >= 15 is 0 Å². The summed E-state index contributed by atoms with van der Waals surface area (Å²) in [5.74, 6) is 1.42. The van der Waals surface area contributed by atoms with E-state index in [9.17, 15) is 0 Å². The van der Waals surface area contributed by atoms with Crippen molar-refractivity contribution in [2.24, 2.45) is 0 Å². The Kier molecular flexibility index (Phi) is 4.87. The van der Waals surface area contributed by atoms with Crippen molar-refractivity contribution in [2.75, 3.05) is 27.3 Å². The zero-order valence-corrected chi connectivity index (χ0v) is 11.7. The molecule has 0 spiro atoms. The first-order valence-electron chi connectivity index (χ1n) is 6.32. The number of ether oxygens (including phenoxy) is 2. The second-order valence-corrected chi connectivity index (χ2v) is 5.07. The molecule has 0 unspecified atom stereocenters. The van der Waals surface area contributed by atoms with E-state index in [1.165, 1.54) is 5.56 Å². The van der Waals surface area contributed by atoms with Gasteiger partial charge in [0.1, 0.15) is 5.75 Å². The van der Waals surface area contributed by atoms with E-state index in [2.05, 4.69) is 5.32 Å². The van der Waals surface area contributed by atoms with Crippen molar-refractivity contribution in [2.45, 2.75) is 25.4 Å². The molecule has 0 saturated carbocycles. The maximum atomic E-state index is 6.13. The molecule has 2 rings (SSSR count). The molecule has 0 aliphatic carbocycles. The van der Waals surface area contributed by atoms with Crippen LogP contribution in [-0.4, -0.2) is 27.3 Å². The Morgan fingerprint density at radius 3 is 2.61 bits per heavy atom. The molecule has 3 nitrogen and oxygen atoms in total. The summed E-state index contributed by atoms with van der Waals surface area (Å²) >= 11 is 6.13. The minimum absolute atomic E-state index is 0.531. The van der Waals surface area contributed by atoms with Gasteiger partial charge in [0, 0.05) is 17.7 Å². The van der Waals surface area contributed by atoms with Gasteiger partial charge in [0.05, 0.1) is 13.7 Å². The molecule has 0 aromatic heterocycles. The van der Waals surface area contributed by atoms with E-state index in [1.54, 1.807) is 14.2 Å². The van der Waals surface area contributed by atoms with Gasteiger partial charge in [-0.3, -0.25) is 0 Å². The van der Waals surface area contributed by atoms with Gasteiger partial charge in [0.15, 0.2) is 0 Å². The largest absolute Gasteiger partial charge is 0.496 e. The van der Waals surface area contributed by atoms with E-state index in [1.807, 2.05) is 12.1 Å². The van der Waals surface area contributed by atoms with Crippen molar-refractivity contribution in [1.82, 2.24) is 5.32 Å². The van der Waals surface area contributed by atoms with E-state index in [-0.39, 0.29) is 0 Å². The van der Waals surface area contributed by atoms with E-state index < -0.39 is 0 Å². The lowest BCUT2D eigenvalue weighted by molar-refractivity contribution is 0.183. The summed E-state index contributed by atoms with van der Waals surface area (Å²) in [6, 6.07) is 3.89. The van der Waals surface area contributed by atoms with E-state index in [0.717, 1.165) is 37.2 Å². The van der Waals surface area contributed by atoms with Crippen molar-refractivity contribution in [3.8, 4) is 5.75 Å². The molecule has 1 aromatic rings. The standard InChI is InChI=1S/C14H20ClNO2/c1-17-9-11-7-12(15)8-13(18-2)14(11)10-3-5-16-6-4-10/h7-8,10,16H,3-6,9H2,1-2H3. The molecule has 1 N–H and O–H groups in total. The van der Waals surface area contributed by atoms with Gasteiger partial charge in [-0.2, -0.15) is 0 Å².